The van der Waals surface area contributed by atoms with Crippen molar-refractivity contribution in [2.45, 2.75) is 95.7 Å². The highest BCUT2D eigenvalue weighted by molar-refractivity contribution is 5.78. The van der Waals surface area contributed by atoms with Crippen molar-refractivity contribution in [2.75, 3.05) is 20.1 Å². The van der Waals surface area contributed by atoms with Crippen molar-refractivity contribution in [1.82, 2.24) is 10.6 Å². The maximum Gasteiger partial charge on any atom is 0.302 e. The minimum atomic E-state index is -0.701. The number of carbonyl (C=O) groups excluding carboxylic acids is 1. The summed E-state index contributed by atoms with van der Waals surface area (Å²) >= 11 is 0. The van der Waals surface area contributed by atoms with Gasteiger partial charge in [0.15, 0.2) is 17.5 Å². The van der Waals surface area contributed by atoms with Crippen molar-refractivity contribution < 1.29 is 29.6 Å². The zero-order chi connectivity index (χ0) is 30.1. The zero-order valence-electron chi connectivity index (χ0n) is 24.8. The van der Waals surface area contributed by atoms with E-state index in [1.54, 1.807) is 19.2 Å². The van der Waals surface area contributed by atoms with E-state index in [1.807, 2.05) is 0 Å². The van der Waals surface area contributed by atoms with Crippen LogP contribution in [0.1, 0.15) is 69.4 Å². The van der Waals surface area contributed by atoms with E-state index in [4.69, 9.17) is 15.2 Å². The topological polar surface area (TPSA) is 159 Å². The van der Waals surface area contributed by atoms with Gasteiger partial charge in [-0.2, -0.15) is 0 Å². The van der Waals surface area contributed by atoms with Crippen LogP contribution in [0.4, 0.5) is 0 Å². The van der Waals surface area contributed by atoms with Crippen LogP contribution in [-0.4, -0.2) is 71.7 Å². The largest absolute Gasteiger partial charge is 0.504 e. The highest BCUT2D eigenvalue weighted by Gasteiger charge is 2.39. The molecule has 3 aliphatic rings. The molecule has 0 aromatic heterocycles. The van der Waals surface area contributed by atoms with Gasteiger partial charge in [-0.05, 0) is 81.3 Å². The Morgan fingerprint density at radius 2 is 2.02 bits per heavy atom. The molecular weight excluding hydrogens is 536 g/mol. The van der Waals surface area contributed by atoms with Crippen LogP contribution in [0, 0.1) is 23.2 Å². The van der Waals surface area contributed by atoms with Gasteiger partial charge in [0.05, 0.1) is 24.2 Å². The third-order valence-corrected chi connectivity index (χ3v) is 8.71. The molecule has 230 valence electrons. The van der Waals surface area contributed by atoms with Crippen molar-refractivity contribution in [3.63, 3.8) is 0 Å². The number of aliphatic imine (C=N–C) groups is 1. The summed E-state index contributed by atoms with van der Waals surface area (Å²) in [4.78, 5) is 16.2. The van der Waals surface area contributed by atoms with E-state index in [1.165, 1.54) is 6.92 Å². The SMILES string of the molecule is CN=C(N)NC1C=CCCC12C#CCC(Cc1cc(OC3CCNCC3)c(O)cc1CO)C(OC(C)=O)CC(O)CC2. The van der Waals surface area contributed by atoms with E-state index in [9.17, 15) is 20.1 Å². The highest BCUT2D eigenvalue weighted by atomic mass is 16.5. The summed E-state index contributed by atoms with van der Waals surface area (Å²) in [6.45, 7) is 2.81. The average molecular weight is 583 g/mol. The number of benzene rings is 1. The number of aliphatic hydroxyl groups excluding tert-OH is 2. The molecule has 10 heteroatoms. The fourth-order valence-electron chi connectivity index (χ4n) is 6.32. The predicted molar refractivity (Wildman–Crippen MR) is 161 cm³/mol. The van der Waals surface area contributed by atoms with E-state index in [0.717, 1.165) is 44.3 Å². The van der Waals surface area contributed by atoms with Crippen LogP contribution >= 0.6 is 0 Å². The Kier molecular flexibility index (Phi) is 11.1. The molecule has 1 aliphatic heterocycles. The molecule has 0 saturated carbocycles. The van der Waals surface area contributed by atoms with Gasteiger partial charge in [-0.15, -0.1) is 5.92 Å². The van der Waals surface area contributed by atoms with Gasteiger partial charge in [-0.1, -0.05) is 18.1 Å². The molecule has 1 saturated heterocycles. The zero-order valence-corrected chi connectivity index (χ0v) is 24.8. The van der Waals surface area contributed by atoms with Crippen LogP contribution in [0.2, 0.25) is 0 Å². The summed E-state index contributed by atoms with van der Waals surface area (Å²) in [5.74, 6) is 7.00. The van der Waals surface area contributed by atoms with E-state index in [-0.39, 0.29) is 36.8 Å². The van der Waals surface area contributed by atoms with Gasteiger partial charge in [-0.25, -0.2) is 0 Å². The lowest BCUT2D eigenvalue weighted by molar-refractivity contribution is -0.151. The molecule has 2 aliphatic carbocycles. The van der Waals surface area contributed by atoms with Gasteiger partial charge >= 0.3 is 5.97 Å². The van der Waals surface area contributed by atoms with E-state index in [0.29, 0.717) is 43.0 Å². The number of aromatic hydroxyl groups is 1. The summed E-state index contributed by atoms with van der Waals surface area (Å²) in [5.41, 5.74) is 6.96. The van der Waals surface area contributed by atoms with Gasteiger partial charge in [0.25, 0.3) is 0 Å². The second-order valence-corrected chi connectivity index (χ2v) is 11.7. The monoisotopic (exact) mass is 582 g/mol. The fraction of sp³-hybridized carbons (Fsp3) is 0.625. The summed E-state index contributed by atoms with van der Waals surface area (Å²) in [6, 6.07) is 3.19. The second-order valence-electron chi connectivity index (χ2n) is 11.7. The Morgan fingerprint density at radius 3 is 2.74 bits per heavy atom. The highest BCUT2D eigenvalue weighted by Crippen LogP contribution is 2.40. The summed E-state index contributed by atoms with van der Waals surface area (Å²) in [7, 11) is 1.64. The number of ether oxygens (including phenoxy) is 2. The number of phenolic OH excluding ortho intramolecular Hbond substituents is 1. The average Bonchev–Trinajstić information content (AvgIpc) is 2.97. The number of nitrogens with one attached hydrogen (secondary N) is 2. The Labute approximate surface area is 248 Å². The number of phenols is 1. The van der Waals surface area contributed by atoms with Gasteiger partial charge < -0.3 is 41.2 Å². The van der Waals surface area contributed by atoms with E-state index >= 15 is 0 Å². The molecule has 0 bridgehead atoms. The van der Waals surface area contributed by atoms with Gasteiger partial charge in [0.1, 0.15) is 12.2 Å². The number of hydrogen-bond acceptors (Lipinski definition) is 8. The first-order valence-corrected chi connectivity index (χ1v) is 15.1. The summed E-state index contributed by atoms with van der Waals surface area (Å²) in [6.07, 6.45) is 8.54. The molecule has 4 rings (SSSR count). The van der Waals surface area contributed by atoms with Crippen LogP contribution in [0.5, 0.6) is 11.5 Å². The first-order valence-electron chi connectivity index (χ1n) is 15.1. The molecule has 1 aromatic carbocycles. The van der Waals surface area contributed by atoms with Crippen LogP contribution in [0.3, 0.4) is 0 Å². The fourth-order valence-corrected chi connectivity index (χ4v) is 6.32. The van der Waals surface area contributed by atoms with Crippen LogP contribution in [-0.2, 0) is 22.6 Å². The standard InChI is InChI=1S/C32H46N4O6/c1-21(38)41-28-19-25(39)8-13-32(11-4-3-7-30(32)36-31(33)34-2)12-5-6-22(28)16-23-18-29(27(40)17-24(23)20-37)42-26-9-14-35-15-10-26/h3,7,17-18,22,25-26,28,30,35,37,39-40H,4,6,8-11,13-16,19-20H2,1-2H3,(H3,33,34,36). The van der Waals surface area contributed by atoms with Crippen LogP contribution in [0.15, 0.2) is 29.3 Å². The lowest BCUT2D eigenvalue weighted by Gasteiger charge is -2.39. The maximum atomic E-state index is 12.2. The van der Waals surface area contributed by atoms with Crippen molar-refractivity contribution in [3.05, 3.63) is 35.4 Å². The number of hydrogen-bond donors (Lipinski definition) is 6. The molecule has 5 atom stereocenters. The molecule has 5 unspecified atom stereocenters. The molecule has 1 heterocycles. The third kappa shape index (κ3) is 8.18. The number of rotatable bonds is 7. The molecule has 1 fully saturated rings. The lowest BCUT2D eigenvalue weighted by Crippen LogP contribution is -2.50. The number of nitrogens with two attached hydrogens (primary N) is 1. The quantitative estimate of drug-likeness (QED) is 0.0933. The van der Waals surface area contributed by atoms with Gasteiger partial charge in [0.2, 0.25) is 0 Å². The molecule has 42 heavy (non-hydrogen) atoms. The second kappa shape index (κ2) is 14.8. The first-order chi connectivity index (χ1) is 20.2. The molecule has 0 amide bonds. The van der Waals surface area contributed by atoms with Crippen molar-refractivity contribution in [1.29, 1.82) is 0 Å². The predicted octanol–water partition coefficient (Wildman–Crippen LogP) is 2.28. The number of allylic oxidation sites excluding steroid dienone is 1. The minimum Gasteiger partial charge on any atom is -0.504 e. The van der Waals surface area contributed by atoms with E-state index < -0.39 is 23.6 Å². The number of nitrogens with zero attached hydrogens (tertiary/aromatic N) is 1. The molecular formula is C32H46N4O6. The van der Waals surface area contributed by atoms with Crippen LogP contribution in [0.25, 0.3) is 0 Å². The molecule has 0 radical (unpaired) electrons. The Morgan fingerprint density at radius 1 is 1.24 bits per heavy atom. The molecule has 1 spiro atoms. The smallest absolute Gasteiger partial charge is 0.302 e. The first kappa shape index (κ1) is 31.7. The van der Waals surface area contributed by atoms with Crippen molar-refractivity contribution >= 4 is 11.9 Å². The Bertz CT molecular complexity index is 1200. The Hall–Kier alpha value is -3.26. The Balaban J connectivity index is 1.66. The molecule has 10 nitrogen and oxygen atoms in total. The van der Waals surface area contributed by atoms with Gasteiger partial charge in [0, 0.05) is 32.7 Å². The summed E-state index contributed by atoms with van der Waals surface area (Å²) < 4.78 is 12.0. The van der Waals surface area contributed by atoms with E-state index in [2.05, 4.69) is 39.6 Å². The summed E-state index contributed by atoms with van der Waals surface area (Å²) in [5, 5.41) is 38.6. The number of esters is 1. The maximum absolute atomic E-state index is 12.2. The molecule has 1 aromatic rings. The van der Waals surface area contributed by atoms with Crippen molar-refractivity contribution in [2.24, 2.45) is 22.1 Å². The minimum absolute atomic E-state index is 0.0116. The van der Waals surface area contributed by atoms with Crippen LogP contribution < -0.4 is 21.1 Å². The number of guanidine groups is 1. The number of aliphatic hydroxyl groups is 2. The molecule has 7 N–H and O–H groups in total. The lowest BCUT2D eigenvalue weighted by atomic mass is 9.69. The van der Waals surface area contributed by atoms with Gasteiger partial charge in [-0.3, -0.25) is 9.79 Å². The van der Waals surface area contributed by atoms with Crippen molar-refractivity contribution in [3.8, 4) is 23.3 Å². The normalized spacial score (nSPS) is 28.9. The third-order valence-electron chi connectivity index (χ3n) is 8.71. The number of carbonyl (C=O) groups is 1. The number of piperidine rings is 1.